The summed E-state index contributed by atoms with van der Waals surface area (Å²) in [4.78, 5) is 0. The van der Waals surface area contributed by atoms with E-state index in [0.29, 0.717) is 17.3 Å². The van der Waals surface area contributed by atoms with Crippen LogP contribution in [0.25, 0.3) is 0 Å². The van der Waals surface area contributed by atoms with Gasteiger partial charge in [0, 0.05) is 12.1 Å². The Morgan fingerprint density at radius 3 is 2.58 bits per heavy atom. The minimum absolute atomic E-state index is 0.403. The first kappa shape index (κ1) is 13.9. The van der Waals surface area contributed by atoms with Crippen molar-refractivity contribution in [3.05, 3.63) is 57.6 Å². The Morgan fingerprint density at radius 2 is 1.89 bits per heavy atom. The van der Waals surface area contributed by atoms with Crippen molar-refractivity contribution in [1.29, 1.82) is 0 Å². The second kappa shape index (κ2) is 5.64. The normalized spacial score (nSPS) is 10.6. The molecule has 0 heterocycles. The van der Waals surface area contributed by atoms with Crippen molar-refractivity contribution in [2.45, 2.75) is 27.3 Å². The van der Waals surface area contributed by atoms with Gasteiger partial charge in [0.1, 0.15) is 11.5 Å². The molecule has 2 rings (SSSR count). The molecule has 0 aliphatic carbocycles. The van der Waals surface area contributed by atoms with E-state index in [1.54, 1.807) is 0 Å². The van der Waals surface area contributed by atoms with Crippen molar-refractivity contribution in [2.75, 3.05) is 0 Å². The molecule has 0 aromatic heterocycles. The highest BCUT2D eigenvalue weighted by atomic mass is 35.5. The molecule has 2 N–H and O–H groups in total. The molecule has 0 aliphatic heterocycles. The van der Waals surface area contributed by atoms with Crippen LogP contribution in [0.3, 0.4) is 0 Å². The fourth-order valence-corrected chi connectivity index (χ4v) is 2.28. The first-order chi connectivity index (χ1) is 9.02. The predicted molar refractivity (Wildman–Crippen MR) is 80.1 cm³/mol. The zero-order chi connectivity index (χ0) is 14.0. The Kier molecular flexibility index (Phi) is 4.13. The topological polar surface area (TPSA) is 35.2 Å². The summed E-state index contributed by atoms with van der Waals surface area (Å²) < 4.78 is 6.01. The van der Waals surface area contributed by atoms with Crippen LogP contribution in [-0.2, 0) is 6.54 Å². The smallest absolute Gasteiger partial charge is 0.150 e. The Labute approximate surface area is 119 Å². The molecule has 0 saturated carbocycles. The molecule has 0 unspecified atom stereocenters. The molecule has 0 saturated heterocycles. The van der Waals surface area contributed by atoms with Gasteiger partial charge in [-0.2, -0.15) is 0 Å². The van der Waals surface area contributed by atoms with Gasteiger partial charge in [0.25, 0.3) is 0 Å². The van der Waals surface area contributed by atoms with Crippen LogP contribution in [0.2, 0.25) is 5.02 Å². The standard InChI is InChI=1S/C16H18ClNO/c1-10-7-11(2)12(3)15(8-10)19-16-13(9-18)5-4-6-14(16)17/h4-8H,9,18H2,1-3H3. The third-order valence-corrected chi connectivity index (χ3v) is 3.54. The van der Waals surface area contributed by atoms with Gasteiger partial charge in [-0.15, -0.1) is 0 Å². The molecule has 0 atom stereocenters. The lowest BCUT2D eigenvalue weighted by molar-refractivity contribution is 0.472. The second-order valence-corrected chi connectivity index (χ2v) is 5.15. The molecule has 0 radical (unpaired) electrons. The van der Waals surface area contributed by atoms with E-state index in [4.69, 9.17) is 22.1 Å². The van der Waals surface area contributed by atoms with Gasteiger partial charge in [-0.1, -0.05) is 29.8 Å². The third kappa shape index (κ3) is 2.91. The minimum atomic E-state index is 0.403. The van der Waals surface area contributed by atoms with Crippen LogP contribution in [0, 0.1) is 20.8 Å². The maximum atomic E-state index is 6.21. The van der Waals surface area contributed by atoms with Crippen molar-refractivity contribution in [1.82, 2.24) is 0 Å². The molecule has 100 valence electrons. The molecule has 0 bridgehead atoms. The highest BCUT2D eigenvalue weighted by Gasteiger charge is 2.11. The van der Waals surface area contributed by atoms with Gasteiger partial charge in [0.05, 0.1) is 5.02 Å². The number of hydrogen-bond acceptors (Lipinski definition) is 2. The number of benzene rings is 2. The maximum Gasteiger partial charge on any atom is 0.150 e. The van der Waals surface area contributed by atoms with Gasteiger partial charge < -0.3 is 10.5 Å². The van der Waals surface area contributed by atoms with Crippen molar-refractivity contribution >= 4 is 11.6 Å². The largest absolute Gasteiger partial charge is 0.455 e. The summed E-state index contributed by atoms with van der Waals surface area (Å²) in [5.74, 6) is 1.49. The lowest BCUT2D eigenvalue weighted by atomic mass is 10.1. The zero-order valence-electron chi connectivity index (χ0n) is 11.5. The molecule has 3 heteroatoms. The van der Waals surface area contributed by atoms with Gasteiger partial charge >= 0.3 is 0 Å². The number of ether oxygens (including phenoxy) is 1. The minimum Gasteiger partial charge on any atom is -0.455 e. The number of halogens is 1. The number of para-hydroxylation sites is 1. The van der Waals surface area contributed by atoms with Crippen molar-refractivity contribution < 1.29 is 4.74 Å². The van der Waals surface area contributed by atoms with Gasteiger partial charge in [-0.3, -0.25) is 0 Å². The molecular formula is C16H18ClNO. The highest BCUT2D eigenvalue weighted by Crippen LogP contribution is 2.35. The summed E-state index contributed by atoms with van der Waals surface area (Å²) in [5, 5.41) is 0.585. The molecule has 0 aliphatic rings. The Morgan fingerprint density at radius 1 is 1.16 bits per heavy atom. The monoisotopic (exact) mass is 275 g/mol. The second-order valence-electron chi connectivity index (χ2n) is 4.74. The Hall–Kier alpha value is -1.51. The van der Waals surface area contributed by atoms with Crippen LogP contribution in [0.4, 0.5) is 0 Å². The SMILES string of the molecule is Cc1cc(C)c(C)c(Oc2c(Cl)cccc2CN)c1. The molecular weight excluding hydrogens is 258 g/mol. The zero-order valence-corrected chi connectivity index (χ0v) is 12.2. The van der Waals surface area contributed by atoms with Crippen LogP contribution in [-0.4, -0.2) is 0 Å². The lowest BCUT2D eigenvalue weighted by Gasteiger charge is -2.15. The van der Waals surface area contributed by atoms with Crippen LogP contribution in [0.5, 0.6) is 11.5 Å². The molecule has 0 spiro atoms. The van der Waals surface area contributed by atoms with E-state index in [0.717, 1.165) is 16.9 Å². The van der Waals surface area contributed by atoms with Gasteiger partial charge in [0.2, 0.25) is 0 Å². The molecule has 2 aromatic carbocycles. The average Bonchev–Trinajstić information content (AvgIpc) is 2.37. The summed E-state index contributed by atoms with van der Waals surface area (Å²) >= 11 is 6.21. The van der Waals surface area contributed by atoms with E-state index in [2.05, 4.69) is 19.9 Å². The quantitative estimate of drug-likeness (QED) is 0.894. The van der Waals surface area contributed by atoms with E-state index in [1.165, 1.54) is 11.1 Å². The molecule has 19 heavy (non-hydrogen) atoms. The summed E-state index contributed by atoms with van der Waals surface area (Å²) in [6.45, 7) is 6.57. The van der Waals surface area contributed by atoms with Crippen LogP contribution < -0.4 is 10.5 Å². The molecule has 0 fully saturated rings. The summed E-state index contributed by atoms with van der Waals surface area (Å²) in [7, 11) is 0. The van der Waals surface area contributed by atoms with Gasteiger partial charge in [-0.05, 0) is 49.6 Å². The Bertz CT molecular complexity index is 608. The summed E-state index contributed by atoms with van der Waals surface area (Å²) in [6.07, 6.45) is 0. The van der Waals surface area contributed by atoms with E-state index in [1.807, 2.05) is 31.2 Å². The average molecular weight is 276 g/mol. The van der Waals surface area contributed by atoms with E-state index >= 15 is 0 Å². The van der Waals surface area contributed by atoms with Crippen LogP contribution in [0.1, 0.15) is 22.3 Å². The summed E-state index contributed by atoms with van der Waals surface area (Å²) in [6, 6.07) is 9.78. The maximum absolute atomic E-state index is 6.21. The van der Waals surface area contributed by atoms with Gasteiger partial charge in [0.15, 0.2) is 0 Å². The van der Waals surface area contributed by atoms with Crippen LogP contribution in [0.15, 0.2) is 30.3 Å². The lowest BCUT2D eigenvalue weighted by Crippen LogP contribution is -2.01. The van der Waals surface area contributed by atoms with Crippen molar-refractivity contribution in [3.63, 3.8) is 0 Å². The fourth-order valence-electron chi connectivity index (χ4n) is 2.05. The number of nitrogens with two attached hydrogens (primary N) is 1. The molecule has 2 nitrogen and oxygen atoms in total. The fraction of sp³-hybridized carbons (Fsp3) is 0.250. The third-order valence-electron chi connectivity index (χ3n) is 3.24. The highest BCUT2D eigenvalue weighted by molar-refractivity contribution is 6.32. The first-order valence-corrected chi connectivity index (χ1v) is 6.64. The van der Waals surface area contributed by atoms with Crippen LogP contribution >= 0.6 is 11.6 Å². The molecule has 2 aromatic rings. The van der Waals surface area contributed by atoms with Gasteiger partial charge in [-0.25, -0.2) is 0 Å². The Balaban J connectivity index is 2.47. The van der Waals surface area contributed by atoms with E-state index in [9.17, 15) is 0 Å². The predicted octanol–water partition coefficient (Wildman–Crippen LogP) is 4.52. The first-order valence-electron chi connectivity index (χ1n) is 6.26. The van der Waals surface area contributed by atoms with Crippen molar-refractivity contribution in [2.24, 2.45) is 5.73 Å². The van der Waals surface area contributed by atoms with E-state index in [-0.39, 0.29) is 0 Å². The van der Waals surface area contributed by atoms with E-state index < -0.39 is 0 Å². The number of rotatable bonds is 3. The summed E-state index contributed by atoms with van der Waals surface area (Å²) in [5.41, 5.74) is 10.1. The van der Waals surface area contributed by atoms with Crippen molar-refractivity contribution in [3.8, 4) is 11.5 Å². The number of hydrogen-bond donors (Lipinski definition) is 1. The number of aryl methyl sites for hydroxylation is 2. The molecule has 0 amide bonds.